The molecule has 0 spiro atoms. The average Bonchev–Trinajstić information content (AvgIpc) is 2.73. The van der Waals surface area contributed by atoms with E-state index in [0.717, 1.165) is 0 Å². The predicted molar refractivity (Wildman–Crippen MR) is 121 cm³/mol. The van der Waals surface area contributed by atoms with Crippen LogP contribution >= 0.6 is 25.3 Å². The highest BCUT2D eigenvalue weighted by Crippen LogP contribution is 2.10. The van der Waals surface area contributed by atoms with Crippen LogP contribution in [-0.2, 0) is 19.2 Å². The van der Waals surface area contributed by atoms with Crippen molar-refractivity contribution in [2.75, 3.05) is 18.1 Å². The summed E-state index contributed by atoms with van der Waals surface area (Å²) in [5.74, 6) is -3.18. The molecule has 174 valence electrons. The molecular formula is C18H35N5O5S2. The Morgan fingerprint density at radius 3 is 2.00 bits per heavy atom. The van der Waals surface area contributed by atoms with Gasteiger partial charge < -0.3 is 32.5 Å². The number of nitrogens with one attached hydrogen (secondary N) is 3. The van der Waals surface area contributed by atoms with E-state index in [1.54, 1.807) is 6.92 Å². The fraction of sp³-hybridized carbons (Fsp3) is 0.778. The Morgan fingerprint density at radius 2 is 1.53 bits per heavy atom. The van der Waals surface area contributed by atoms with Gasteiger partial charge in [0.25, 0.3) is 0 Å². The van der Waals surface area contributed by atoms with Crippen LogP contribution in [-0.4, -0.2) is 71.0 Å². The first-order valence-electron chi connectivity index (χ1n) is 9.94. The van der Waals surface area contributed by atoms with Crippen LogP contribution in [0.25, 0.3) is 0 Å². The Kier molecular flexibility index (Phi) is 14.6. The highest BCUT2D eigenvalue weighted by molar-refractivity contribution is 7.80. The molecule has 0 rings (SSSR count). The quantitative estimate of drug-likeness (QED) is 0.112. The molecule has 0 aliphatic carbocycles. The third-order valence-corrected chi connectivity index (χ3v) is 5.46. The maximum Gasteiger partial charge on any atom is 0.327 e. The van der Waals surface area contributed by atoms with Gasteiger partial charge in [0.15, 0.2) is 0 Å². The van der Waals surface area contributed by atoms with Gasteiger partial charge in [-0.05, 0) is 31.7 Å². The van der Waals surface area contributed by atoms with Gasteiger partial charge >= 0.3 is 5.97 Å². The summed E-state index contributed by atoms with van der Waals surface area (Å²) in [6, 6.07) is -3.94. The molecule has 0 aliphatic rings. The van der Waals surface area contributed by atoms with Crippen molar-refractivity contribution in [3.8, 4) is 0 Å². The number of aliphatic carboxylic acids is 1. The minimum atomic E-state index is -1.22. The number of rotatable bonds is 15. The van der Waals surface area contributed by atoms with E-state index in [0.29, 0.717) is 32.2 Å². The lowest BCUT2D eigenvalue weighted by atomic mass is 9.97. The van der Waals surface area contributed by atoms with E-state index in [2.05, 4.69) is 41.2 Å². The molecule has 0 aromatic heterocycles. The van der Waals surface area contributed by atoms with Gasteiger partial charge in [-0.3, -0.25) is 14.4 Å². The van der Waals surface area contributed by atoms with E-state index in [1.165, 1.54) is 0 Å². The number of hydrogen-bond donors (Lipinski definition) is 8. The van der Waals surface area contributed by atoms with E-state index in [9.17, 15) is 19.2 Å². The van der Waals surface area contributed by atoms with Crippen LogP contribution in [0.2, 0.25) is 0 Å². The maximum atomic E-state index is 12.9. The Hall–Kier alpha value is -1.50. The molecule has 5 unspecified atom stereocenters. The van der Waals surface area contributed by atoms with E-state index >= 15 is 0 Å². The monoisotopic (exact) mass is 465 g/mol. The lowest BCUT2D eigenvalue weighted by Gasteiger charge is -2.28. The SMILES string of the molecule is CCC(C)C(NC(=O)C(CCCCN)NC(=O)C(N)CS)C(=O)NC(CS)C(=O)O. The van der Waals surface area contributed by atoms with Crippen molar-refractivity contribution < 1.29 is 24.3 Å². The fourth-order valence-electron chi connectivity index (χ4n) is 2.53. The third kappa shape index (κ3) is 10.0. The summed E-state index contributed by atoms with van der Waals surface area (Å²) in [5.41, 5.74) is 11.2. The standard InChI is InChI=1S/C18H35N5O5S2/c1-3-10(2)14(17(26)22-13(9-30)18(27)28)23-16(25)12(6-4-5-7-19)21-15(24)11(20)8-29/h10-14,29-30H,3-9,19-20H2,1-2H3,(H,21,24)(H,22,26)(H,23,25)(H,27,28). The van der Waals surface area contributed by atoms with E-state index in [1.807, 2.05) is 6.92 Å². The van der Waals surface area contributed by atoms with Crippen LogP contribution in [0.1, 0.15) is 39.5 Å². The van der Waals surface area contributed by atoms with Crippen molar-refractivity contribution in [3.05, 3.63) is 0 Å². The number of amides is 3. The van der Waals surface area contributed by atoms with Crippen molar-refractivity contribution in [1.82, 2.24) is 16.0 Å². The zero-order valence-electron chi connectivity index (χ0n) is 17.5. The number of carbonyl (C=O) groups is 4. The Balaban J connectivity index is 5.40. The predicted octanol–water partition coefficient (Wildman–Crippen LogP) is -1.11. The molecule has 0 fully saturated rings. The maximum absolute atomic E-state index is 12.9. The van der Waals surface area contributed by atoms with Gasteiger partial charge in [-0.15, -0.1) is 0 Å². The molecule has 0 aliphatic heterocycles. The zero-order chi connectivity index (χ0) is 23.3. The van der Waals surface area contributed by atoms with E-state index in [4.69, 9.17) is 16.6 Å². The average molecular weight is 466 g/mol. The molecule has 0 aromatic carbocycles. The number of carbonyl (C=O) groups excluding carboxylic acids is 3. The van der Waals surface area contributed by atoms with Crippen LogP contribution in [0.5, 0.6) is 0 Å². The molecule has 8 N–H and O–H groups in total. The summed E-state index contributed by atoms with van der Waals surface area (Å²) in [7, 11) is 0. The lowest BCUT2D eigenvalue weighted by molar-refractivity contribution is -0.142. The third-order valence-electron chi connectivity index (χ3n) is 4.70. The van der Waals surface area contributed by atoms with Crippen LogP contribution in [0, 0.1) is 5.92 Å². The van der Waals surface area contributed by atoms with Crippen molar-refractivity contribution >= 4 is 48.9 Å². The molecule has 10 nitrogen and oxygen atoms in total. The van der Waals surface area contributed by atoms with Crippen LogP contribution in [0.3, 0.4) is 0 Å². The Labute approximate surface area is 188 Å². The minimum absolute atomic E-state index is 0.0956. The Morgan fingerprint density at radius 1 is 0.933 bits per heavy atom. The van der Waals surface area contributed by atoms with Gasteiger partial charge in [0.1, 0.15) is 18.1 Å². The summed E-state index contributed by atoms with van der Waals surface area (Å²) in [6.45, 7) is 4.05. The highest BCUT2D eigenvalue weighted by atomic mass is 32.1. The first kappa shape index (κ1) is 28.5. The first-order valence-corrected chi connectivity index (χ1v) is 11.2. The largest absolute Gasteiger partial charge is 0.480 e. The van der Waals surface area contributed by atoms with Gasteiger partial charge in [-0.1, -0.05) is 20.3 Å². The smallest absolute Gasteiger partial charge is 0.327 e. The van der Waals surface area contributed by atoms with Gasteiger partial charge in [-0.25, -0.2) is 4.79 Å². The van der Waals surface area contributed by atoms with E-state index in [-0.39, 0.29) is 17.4 Å². The van der Waals surface area contributed by atoms with E-state index < -0.39 is 47.9 Å². The lowest BCUT2D eigenvalue weighted by Crippen LogP contribution is -2.59. The summed E-state index contributed by atoms with van der Waals surface area (Å²) in [4.78, 5) is 48.9. The second-order valence-electron chi connectivity index (χ2n) is 7.09. The summed E-state index contributed by atoms with van der Waals surface area (Å²) in [6.07, 6.45) is 2.13. The normalized spacial score (nSPS) is 15.9. The van der Waals surface area contributed by atoms with Crippen molar-refractivity contribution in [2.45, 2.75) is 63.7 Å². The number of thiol groups is 2. The summed E-state index contributed by atoms with van der Waals surface area (Å²) in [5, 5.41) is 16.8. The number of hydrogen-bond acceptors (Lipinski definition) is 8. The van der Waals surface area contributed by atoms with Crippen molar-refractivity contribution in [3.63, 3.8) is 0 Å². The summed E-state index contributed by atoms with van der Waals surface area (Å²) < 4.78 is 0. The number of nitrogens with two attached hydrogens (primary N) is 2. The van der Waals surface area contributed by atoms with Crippen molar-refractivity contribution in [1.29, 1.82) is 0 Å². The van der Waals surface area contributed by atoms with Gasteiger partial charge in [0, 0.05) is 11.5 Å². The second kappa shape index (κ2) is 15.3. The molecule has 0 bridgehead atoms. The van der Waals surface area contributed by atoms with Gasteiger partial charge in [-0.2, -0.15) is 25.3 Å². The first-order chi connectivity index (χ1) is 14.1. The molecular weight excluding hydrogens is 430 g/mol. The zero-order valence-corrected chi connectivity index (χ0v) is 19.3. The molecule has 0 saturated heterocycles. The molecule has 0 aromatic rings. The number of carboxylic acids is 1. The topological polar surface area (TPSA) is 177 Å². The van der Waals surface area contributed by atoms with Crippen LogP contribution in [0.4, 0.5) is 0 Å². The van der Waals surface area contributed by atoms with Gasteiger partial charge in [0.2, 0.25) is 17.7 Å². The Bertz CT molecular complexity index is 581. The molecule has 5 atom stereocenters. The highest BCUT2D eigenvalue weighted by Gasteiger charge is 2.32. The fourth-order valence-corrected chi connectivity index (χ4v) is 2.94. The molecule has 0 saturated carbocycles. The van der Waals surface area contributed by atoms with Crippen LogP contribution in [0.15, 0.2) is 0 Å². The second-order valence-corrected chi connectivity index (χ2v) is 7.82. The van der Waals surface area contributed by atoms with Crippen molar-refractivity contribution in [2.24, 2.45) is 17.4 Å². The number of carboxylic acid groups (broad SMARTS) is 1. The number of unbranched alkanes of at least 4 members (excludes halogenated alkanes) is 1. The minimum Gasteiger partial charge on any atom is -0.480 e. The van der Waals surface area contributed by atoms with Gasteiger partial charge in [0.05, 0.1) is 6.04 Å². The molecule has 3 amide bonds. The molecule has 12 heteroatoms. The summed E-state index contributed by atoms with van der Waals surface area (Å²) >= 11 is 7.91. The molecule has 0 radical (unpaired) electrons. The molecule has 30 heavy (non-hydrogen) atoms. The molecule has 0 heterocycles. The van der Waals surface area contributed by atoms with Crippen LogP contribution < -0.4 is 27.4 Å².